The van der Waals surface area contributed by atoms with Crippen LogP contribution >= 0.6 is 0 Å². The molecule has 0 aromatic rings. The first-order valence-corrected chi connectivity index (χ1v) is 3.44. The highest BCUT2D eigenvalue weighted by Crippen LogP contribution is 2.64. The van der Waals surface area contributed by atoms with Gasteiger partial charge in [-0.25, -0.2) is 0 Å². The Labute approximate surface area is 65.5 Å². The topological polar surface area (TPSA) is 71.4 Å². The first-order chi connectivity index (χ1) is 5.20. The summed E-state index contributed by atoms with van der Waals surface area (Å²) in [6.45, 7) is 1.83. The third kappa shape index (κ3) is 0.644. The first-order valence-electron chi connectivity index (χ1n) is 3.44. The normalized spacial score (nSPS) is 31.1. The molecule has 1 atom stereocenters. The van der Waals surface area contributed by atoms with E-state index in [1.807, 2.05) is 25.1 Å². The van der Waals surface area contributed by atoms with Crippen molar-refractivity contribution in [3.8, 4) is 18.2 Å². The van der Waals surface area contributed by atoms with E-state index < -0.39 is 10.8 Å². The molecule has 1 fully saturated rings. The standard InChI is InChI=1S/C8H7N3/c1-2-7(4-9)3-8(7,5-10)6-11/h2-3H2,1H3. The maximum atomic E-state index is 8.70. The highest BCUT2D eigenvalue weighted by atomic mass is 14.7. The van der Waals surface area contributed by atoms with Gasteiger partial charge >= 0.3 is 0 Å². The van der Waals surface area contributed by atoms with Gasteiger partial charge in [0.15, 0.2) is 5.41 Å². The minimum absolute atomic E-state index is 0.417. The number of rotatable bonds is 1. The van der Waals surface area contributed by atoms with Crippen LogP contribution < -0.4 is 0 Å². The van der Waals surface area contributed by atoms with E-state index in [1.54, 1.807) is 0 Å². The van der Waals surface area contributed by atoms with Crippen molar-refractivity contribution in [2.45, 2.75) is 19.8 Å². The van der Waals surface area contributed by atoms with Gasteiger partial charge in [0, 0.05) is 6.42 Å². The molecule has 1 aliphatic rings. The zero-order valence-electron chi connectivity index (χ0n) is 6.26. The molecule has 0 bridgehead atoms. The van der Waals surface area contributed by atoms with Crippen molar-refractivity contribution in [2.75, 3.05) is 0 Å². The zero-order valence-corrected chi connectivity index (χ0v) is 6.26. The molecule has 0 amide bonds. The van der Waals surface area contributed by atoms with Gasteiger partial charge in [-0.2, -0.15) is 15.8 Å². The third-order valence-electron chi connectivity index (χ3n) is 2.46. The van der Waals surface area contributed by atoms with E-state index in [-0.39, 0.29) is 0 Å². The minimum atomic E-state index is -1.00. The van der Waals surface area contributed by atoms with Crippen LogP contribution in [0.4, 0.5) is 0 Å². The Morgan fingerprint density at radius 3 is 1.82 bits per heavy atom. The fraction of sp³-hybridized carbons (Fsp3) is 0.625. The molecule has 0 aliphatic heterocycles. The van der Waals surface area contributed by atoms with Crippen molar-refractivity contribution in [3.63, 3.8) is 0 Å². The van der Waals surface area contributed by atoms with Crippen LogP contribution in [-0.4, -0.2) is 0 Å². The molecule has 0 spiro atoms. The van der Waals surface area contributed by atoms with Crippen molar-refractivity contribution in [1.29, 1.82) is 15.8 Å². The van der Waals surface area contributed by atoms with Crippen LogP contribution in [0.1, 0.15) is 19.8 Å². The fourth-order valence-electron chi connectivity index (χ4n) is 1.37. The van der Waals surface area contributed by atoms with Crippen molar-refractivity contribution in [1.82, 2.24) is 0 Å². The van der Waals surface area contributed by atoms with E-state index in [1.165, 1.54) is 0 Å². The minimum Gasteiger partial charge on any atom is -0.198 e. The Morgan fingerprint density at radius 1 is 1.18 bits per heavy atom. The summed E-state index contributed by atoms with van der Waals surface area (Å²) < 4.78 is 0. The van der Waals surface area contributed by atoms with Gasteiger partial charge in [-0.1, -0.05) is 6.92 Å². The average molecular weight is 145 g/mol. The van der Waals surface area contributed by atoms with Gasteiger partial charge in [0.25, 0.3) is 0 Å². The molecular weight excluding hydrogens is 138 g/mol. The number of hydrogen-bond donors (Lipinski definition) is 0. The molecule has 54 valence electrons. The summed E-state index contributed by atoms with van der Waals surface area (Å²) in [6, 6.07) is 5.87. The van der Waals surface area contributed by atoms with Crippen LogP contribution in [0.2, 0.25) is 0 Å². The van der Waals surface area contributed by atoms with Gasteiger partial charge < -0.3 is 0 Å². The van der Waals surface area contributed by atoms with Gasteiger partial charge in [0.05, 0.1) is 23.6 Å². The predicted octanol–water partition coefficient (Wildman–Crippen LogP) is 1.34. The summed E-state index contributed by atoms with van der Waals surface area (Å²) in [5.74, 6) is 0. The van der Waals surface area contributed by atoms with Crippen LogP contribution in [0, 0.1) is 44.8 Å². The van der Waals surface area contributed by atoms with Crippen molar-refractivity contribution in [2.24, 2.45) is 10.8 Å². The second-order valence-electron chi connectivity index (χ2n) is 2.85. The maximum Gasteiger partial charge on any atom is 0.163 e. The first kappa shape index (κ1) is 7.58. The lowest BCUT2D eigenvalue weighted by Crippen LogP contribution is -2.07. The average Bonchev–Trinajstić information content (AvgIpc) is 2.75. The Kier molecular flexibility index (Phi) is 1.36. The highest BCUT2D eigenvalue weighted by molar-refractivity contribution is 5.40. The Hall–Kier alpha value is -1.53. The van der Waals surface area contributed by atoms with Crippen molar-refractivity contribution < 1.29 is 0 Å². The number of hydrogen-bond acceptors (Lipinski definition) is 3. The Bertz CT molecular complexity index is 285. The summed E-state index contributed by atoms with van der Waals surface area (Å²) >= 11 is 0. The molecule has 0 aromatic carbocycles. The molecule has 0 saturated heterocycles. The zero-order chi connectivity index (χ0) is 8.54. The summed E-state index contributed by atoms with van der Waals surface area (Å²) in [5.41, 5.74) is -1.67. The Balaban J connectivity index is 2.98. The lowest BCUT2D eigenvalue weighted by molar-refractivity contribution is 0.558. The van der Waals surface area contributed by atoms with E-state index in [2.05, 4.69) is 0 Å². The summed E-state index contributed by atoms with van der Waals surface area (Å²) in [5, 5.41) is 26.0. The lowest BCUT2D eigenvalue weighted by Gasteiger charge is -2.01. The third-order valence-corrected chi connectivity index (χ3v) is 2.46. The van der Waals surface area contributed by atoms with Crippen LogP contribution in [0.3, 0.4) is 0 Å². The van der Waals surface area contributed by atoms with Gasteiger partial charge in [-0.3, -0.25) is 0 Å². The second kappa shape index (κ2) is 1.97. The van der Waals surface area contributed by atoms with Gasteiger partial charge in [-0.15, -0.1) is 0 Å². The van der Waals surface area contributed by atoms with E-state index in [0.29, 0.717) is 12.8 Å². The van der Waals surface area contributed by atoms with Gasteiger partial charge in [0.2, 0.25) is 0 Å². The molecule has 1 aliphatic carbocycles. The monoisotopic (exact) mass is 145 g/mol. The quantitative estimate of drug-likeness (QED) is 0.559. The maximum absolute atomic E-state index is 8.70. The number of nitriles is 3. The lowest BCUT2D eigenvalue weighted by atomic mass is 9.94. The highest BCUT2D eigenvalue weighted by Gasteiger charge is 2.69. The van der Waals surface area contributed by atoms with Crippen molar-refractivity contribution in [3.05, 3.63) is 0 Å². The van der Waals surface area contributed by atoms with E-state index in [0.717, 1.165) is 0 Å². The molecule has 1 rings (SSSR count). The number of nitrogens with zero attached hydrogens (tertiary/aromatic N) is 3. The van der Waals surface area contributed by atoms with E-state index in [4.69, 9.17) is 15.8 Å². The van der Waals surface area contributed by atoms with E-state index in [9.17, 15) is 0 Å². The second-order valence-corrected chi connectivity index (χ2v) is 2.85. The Morgan fingerprint density at radius 2 is 1.73 bits per heavy atom. The summed E-state index contributed by atoms with van der Waals surface area (Å²) in [6.07, 6.45) is 1.00. The predicted molar refractivity (Wildman–Crippen MR) is 36.6 cm³/mol. The summed E-state index contributed by atoms with van der Waals surface area (Å²) in [4.78, 5) is 0. The molecule has 0 N–H and O–H groups in total. The molecule has 0 heterocycles. The van der Waals surface area contributed by atoms with Gasteiger partial charge in [0.1, 0.15) is 0 Å². The molecule has 0 radical (unpaired) electrons. The fourth-order valence-corrected chi connectivity index (χ4v) is 1.37. The van der Waals surface area contributed by atoms with Crippen LogP contribution in [0.15, 0.2) is 0 Å². The van der Waals surface area contributed by atoms with Crippen LogP contribution in [0.5, 0.6) is 0 Å². The molecule has 11 heavy (non-hydrogen) atoms. The van der Waals surface area contributed by atoms with Crippen LogP contribution in [-0.2, 0) is 0 Å². The smallest absolute Gasteiger partial charge is 0.163 e. The molecule has 1 unspecified atom stereocenters. The molecule has 3 heteroatoms. The molecule has 3 nitrogen and oxygen atoms in total. The van der Waals surface area contributed by atoms with E-state index >= 15 is 0 Å². The molecular formula is C8H7N3. The summed E-state index contributed by atoms with van der Waals surface area (Å²) in [7, 11) is 0. The van der Waals surface area contributed by atoms with Crippen molar-refractivity contribution >= 4 is 0 Å². The van der Waals surface area contributed by atoms with Gasteiger partial charge in [-0.05, 0) is 6.42 Å². The van der Waals surface area contributed by atoms with Crippen LogP contribution in [0.25, 0.3) is 0 Å². The SMILES string of the molecule is CCC1(C#N)CC1(C#N)C#N. The molecule has 1 saturated carbocycles. The largest absolute Gasteiger partial charge is 0.198 e. The molecule has 0 aromatic heterocycles.